The Balaban J connectivity index is 1.89. The molecule has 5 nitrogen and oxygen atoms in total. The zero-order chi connectivity index (χ0) is 17.4. The van der Waals surface area contributed by atoms with Crippen molar-refractivity contribution in [3.8, 4) is 0 Å². The molecule has 6 heteroatoms. The van der Waals surface area contributed by atoms with Gasteiger partial charge in [0.1, 0.15) is 5.82 Å². The van der Waals surface area contributed by atoms with Gasteiger partial charge in [-0.05, 0) is 43.9 Å². The minimum absolute atomic E-state index is 0.00617. The van der Waals surface area contributed by atoms with Crippen LogP contribution in [0.15, 0.2) is 29.3 Å². The highest BCUT2D eigenvalue weighted by Gasteiger charge is 2.26. The fraction of sp³-hybridized carbons (Fsp3) is 0.556. The van der Waals surface area contributed by atoms with E-state index in [1.807, 2.05) is 6.92 Å². The van der Waals surface area contributed by atoms with Crippen LogP contribution in [0.1, 0.15) is 25.3 Å². The van der Waals surface area contributed by atoms with E-state index in [0.717, 1.165) is 50.4 Å². The van der Waals surface area contributed by atoms with Gasteiger partial charge >= 0.3 is 5.97 Å². The smallest absolute Gasteiger partial charge is 0.308 e. The van der Waals surface area contributed by atoms with E-state index >= 15 is 0 Å². The van der Waals surface area contributed by atoms with Gasteiger partial charge in [0.25, 0.3) is 0 Å². The Morgan fingerprint density at radius 2 is 2.00 bits per heavy atom. The van der Waals surface area contributed by atoms with Crippen molar-refractivity contribution in [2.24, 2.45) is 10.9 Å². The molecule has 2 rings (SSSR count). The third kappa shape index (κ3) is 5.22. The fourth-order valence-electron chi connectivity index (χ4n) is 2.86. The van der Waals surface area contributed by atoms with E-state index < -0.39 is 0 Å². The number of guanidine groups is 1. The van der Waals surface area contributed by atoms with Crippen molar-refractivity contribution in [1.29, 1.82) is 0 Å². The van der Waals surface area contributed by atoms with Crippen LogP contribution in [-0.4, -0.2) is 50.1 Å². The van der Waals surface area contributed by atoms with Crippen molar-refractivity contribution in [3.05, 3.63) is 35.6 Å². The molecule has 1 saturated heterocycles. The number of piperidine rings is 1. The topological polar surface area (TPSA) is 53.9 Å². The Kier molecular flexibility index (Phi) is 7.03. The van der Waals surface area contributed by atoms with Gasteiger partial charge in [0.15, 0.2) is 5.96 Å². The van der Waals surface area contributed by atoms with E-state index in [2.05, 4.69) is 15.2 Å². The lowest BCUT2D eigenvalue weighted by molar-refractivity contribution is -0.146. The van der Waals surface area contributed by atoms with Crippen LogP contribution in [-0.2, 0) is 16.0 Å². The van der Waals surface area contributed by atoms with Gasteiger partial charge in [-0.2, -0.15) is 0 Å². The highest BCUT2D eigenvalue weighted by atomic mass is 19.1. The molecule has 0 atom stereocenters. The molecule has 1 heterocycles. The Hall–Kier alpha value is -2.11. The quantitative estimate of drug-likeness (QED) is 0.509. The number of hydrogen-bond acceptors (Lipinski definition) is 3. The summed E-state index contributed by atoms with van der Waals surface area (Å²) < 4.78 is 17.7. The van der Waals surface area contributed by atoms with Crippen molar-refractivity contribution in [2.75, 3.05) is 33.3 Å². The zero-order valence-corrected chi connectivity index (χ0v) is 14.4. The van der Waals surface area contributed by atoms with Crippen molar-refractivity contribution in [2.45, 2.75) is 26.2 Å². The van der Waals surface area contributed by atoms with E-state index in [1.54, 1.807) is 12.1 Å². The van der Waals surface area contributed by atoms with Crippen LogP contribution in [0, 0.1) is 11.7 Å². The van der Waals surface area contributed by atoms with Gasteiger partial charge in [-0.15, -0.1) is 0 Å². The summed E-state index contributed by atoms with van der Waals surface area (Å²) in [6.07, 6.45) is 2.35. The number of carbonyl (C=O) groups is 1. The summed E-state index contributed by atoms with van der Waals surface area (Å²) in [5.74, 6) is 0.535. The lowest BCUT2D eigenvalue weighted by Crippen LogP contribution is -2.46. The number of likely N-dealkylation sites (tertiary alicyclic amines) is 1. The lowest BCUT2D eigenvalue weighted by atomic mass is 9.97. The Labute approximate surface area is 142 Å². The van der Waals surface area contributed by atoms with Crippen LogP contribution in [0.5, 0.6) is 0 Å². The number of nitrogens with one attached hydrogen (secondary N) is 1. The highest BCUT2D eigenvalue weighted by molar-refractivity contribution is 5.80. The molecule has 1 fully saturated rings. The van der Waals surface area contributed by atoms with Gasteiger partial charge in [-0.3, -0.25) is 9.79 Å². The van der Waals surface area contributed by atoms with Gasteiger partial charge in [-0.1, -0.05) is 12.1 Å². The third-order valence-electron chi connectivity index (χ3n) is 4.24. The lowest BCUT2D eigenvalue weighted by Gasteiger charge is -2.33. The standard InChI is InChI=1S/C18H26FN3O2/c1-3-20-18(21-11-8-14-4-6-16(19)7-5-14)22-12-9-15(10-13-22)17(23)24-2/h4-7,15H,3,8-13H2,1-2H3,(H,20,21). The maximum Gasteiger partial charge on any atom is 0.308 e. The largest absolute Gasteiger partial charge is 0.469 e. The van der Waals surface area contributed by atoms with Gasteiger partial charge in [0.05, 0.1) is 13.0 Å². The van der Waals surface area contributed by atoms with Crippen molar-refractivity contribution < 1.29 is 13.9 Å². The number of hydrogen-bond donors (Lipinski definition) is 1. The SMILES string of the molecule is CCNC(=NCCc1ccc(F)cc1)N1CCC(C(=O)OC)CC1. The second kappa shape index (κ2) is 9.25. The minimum Gasteiger partial charge on any atom is -0.469 e. The summed E-state index contributed by atoms with van der Waals surface area (Å²) in [7, 11) is 1.44. The van der Waals surface area contributed by atoms with Gasteiger partial charge in [-0.25, -0.2) is 4.39 Å². The zero-order valence-electron chi connectivity index (χ0n) is 14.4. The number of benzene rings is 1. The third-order valence-corrected chi connectivity index (χ3v) is 4.24. The molecule has 1 aromatic carbocycles. The van der Waals surface area contributed by atoms with Crippen molar-refractivity contribution in [3.63, 3.8) is 0 Å². The summed E-state index contributed by atoms with van der Waals surface area (Å²) in [4.78, 5) is 18.5. The number of methoxy groups -OCH3 is 1. The average molecular weight is 335 g/mol. The summed E-state index contributed by atoms with van der Waals surface area (Å²) in [5.41, 5.74) is 1.07. The predicted molar refractivity (Wildman–Crippen MR) is 92.4 cm³/mol. The Morgan fingerprint density at radius 1 is 1.33 bits per heavy atom. The minimum atomic E-state index is -0.218. The van der Waals surface area contributed by atoms with E-state index in [-0.39, 0.29) is 17.7 Å². The van der Waals surface area contributed by atoms with E-state index in [9.17, 15) is 9.18 Å². The molecule has 1 aliphatic rings. The van der Waals surface area contributed by atoms with Gasteiger partial charge in [0, 0.05) is 26.2 Å². The second-order valence-corrected chi connectivity index (χ2v) is 5.90. The van der Waals surface area contributed by atoms with Crippen molar-refractivity contribution >= 4 is 11.9 Å². The fourth-order valence-corrected chi connectivity index (χ4v) is 2.86. The second-order valence-electron chi connectivity index (χ2n) is 5.90. The molecule has 132 valence electrons. The molecule has 0 aromatic heterocycles. The number of aliphatic imine (C=N–C) groups is 1. The maximum absolute atomic E-state index is 12.9. The van der Waals surface area contributed by atoms with E-state index in [0.29, 0.717) is 6.54 Å². The normalized spacial score (nSPS) is 16.1. The maximum atomic E-state index is 12.9. The molecule has 1 N–H and O–H groups in total. The van der Waals surface area contributed by atoms with Gasteiger partial charge in [0.2, 0.25) is 0 Å². The predicted octanol–water partition coefficient (Wildman–Crippen LogP) is 2.22. The van der Waals surface area contributed by atoms with Crippen LogP contribution >= 0.6 is 0 Å². The van der Waals surface area contributed by atoms with Crippen LogP contribution < -0.4 is 5.32 Å². The number of ether oxygens (including phenoxy) is 1. The molecular weight excluding hydrogens is 309 g/mol. The monoisotopic (exact) mass is 335 g/mol. The number of nitrogens with zero attached hydrogens (tertiary/aromatic N) is 2. The summed E-state index contributed by atoms with van der Waals surface area (Å²) in [6.45, 7) is 5.07. The van der Waals surface area contributed by atoms with Gasteiger partial charge < -0.3 is 15.0 Å². The molecule has 0 radical (unpaired) electrons. The Bertz CT molecular complexity index is 552. The molecule has 0 bridgehead atoms. The molecule has 0 saturated carbocycles. The van der Waals surface area contributed by atoms with E-state index in [4.69, 9.17) is 4.74 Å². The summed E-state index contributed by atoms with van der Waals surface area (Å²) in [6, 6.07) is 6.53. The molecule has 0 spiro atoms. The molecule has 24 heavy (non-hydrogen) atoms. The van der Waals surface area contributed by atoms with E-state index in [1.165, 1.54) is 19.2 Å². The first-order valence-electron chi connectivity index (χ1n) is 8.49. The average Bonchev–Trinajstić information content (AvgIpc) is 2.62. The van der Waals surface area contributed by atoms with Crippen LogP contribution in [0.25, 0.3) is 0 Å². The first-order chi connectivity index (χ1) is 11.6. The highest BCUT2D eigenvalue weighted by Crippen LogP contribution is 2.18. The van der Waals surface area contributed by atoms with Crippen LogP contribution in [0.4, 0.5) is 4.39 Å². The number of esters is 1. The van der Waals surface area contributed by atoms with Crippen LogP contribution in [0.2, 0.25) is 0 Å². The van der Waals surface area contributed by atoms with Crippen molar-refractivity contribution in [1.82, 2.24) is 10.2 Å². The number of carbonyl (C=O) groups excluding carboxylic acids is 1. The van der Waals surface area contributed by atoms with Crippen LogP contribution in [0.3, 0.4) is 0 Å². The first kappa shape index (κ1) is 18.2. The molecule has 0 unspecified atom stereocenters. The summed E-state index contributed by atoms with van der Waals surface area (Å²) in [5, 5.41) is 3.31. The number of rotatable bonds is 5. The molecule has 1 aromatic rings. The summed E-state index contributed by atoms with van der Waals surface area (Å²) >= 11 is 0. The molecule has 0 amide bonds. The molecule has 0 aliphatic carbocycles. The molecule has 1 aliphatic heterocycles. The Morgan fingerprint density at radius 3 is 2.58 bits per heavy atom. The first-order valence-corrected chi connectivity index (χ1v) is 8.49. The molecular formula is C18H26FN3O2. The number of halogens is 1.